The van der Waals surface area contributed by atoms with E-state index in [9.17, 15) is 14.4 Å². The van der Waals surface area contributed by atoms with Crippen LogP contribution in [0.5, 0.6) is 17.2 Å². The second-order valence-corrected chi connectivity index (χ2v) is 10.7. The molecule has 3 aromatic rings. The first kappa shape index (κ1) is 26.9. The molecule has 2 saturated heterocycles. The van der Waals surface area contributed by atoms with Crippen LogP contribution in [0.4, 0.5) is 15.3 Å². The first-order valence-corrected chi connectivity index (χ1v) is 13.7. The van der Waals surface area contributed by atoms with E-state index in [0.717, 1.165) is 13.1 Å². The molecule has 41 heavy (non-hydrogen) atoms. The molecule has 6 rings (SSSR count). The van der Waals surface area contributed by atoms with E-state index in [1.54, 1.807) is 47.1 Å². The summed E-state index contributed by atoms with van der Waals surface area (Å²) >= 11 is 0. The predicted molar refractivity (Wildman–Crippen MR) is 152 cm³/mol. The van der Waals surface area contributed by atoms with Gasteiger partial charge in [0.25, 0.3) is 0 Å². The van der Waals surface area contributed by atoms with Gasteiger partial charge in [0.15, 0.2) is 17.3 Å². The number of nitrogens with zero attached hydrogens (tertiary/aromatic N) is 4. The molecule has 3 aliphatic heterocycles. The average molecular weight is 564 g/mol. The Labute approximate surface area is 236 Å². The van der Waals surface area contributed by atoms with Crippen LogP contribution in [0.2, 0.25) is 0 Å². The summed E-state index contributed by atoms with van der Waals surface area (Å²) in [5.74, 6) is 0.951. The highest BCUT2D eigenvalue weighted by atomic mass is 16.7. The highest BCUT2D eigenvalue weighted by molar-refractivity contribution is 5.95. The van der Waals surface area contributed by atoms with Crippen molar-refractivity contribution in [2.45, 2.75) is 6.92 Å². The lowest BCUT2D eigenvalue weighted by Gasteiger charge is -2.32. The number of hydrogen-bond acceptors (Lipinski definition) is 9. The Bertz CT molecular complexity index is 1560. The summed E-state index contributed by atoms with van der Waals surface area (Å²) in [7, 11) is 4.02. The van der Waals surface area contributed by atoms with Crippen molar-refractivity contribution in [1.82, 2.24) is 19.6 Å². The topological polar surface area (TPSA) is 117 Å². The van der Waals surface area contributed by atoms with Gasteiger partial charge < -0.3 is 43.5 Å². The smallest absolute Gasteiger partial charge is 0.415 e. The van der Waals surface area contributed by atoms with Crippen molar-refractivity contribution in [3.05, 3.63) is 46.1 Å². The van der Waals surface area contributed by atoms with Gasteiger partial charge in [0.05, 0.1) is 5.39 Å². The number of carbonyl (C=O) groups is 2. The molecule has 0 saturated carbocycles. The van der Waals surface area contributed by atoms with E-state index in [4.69, 9.17) is 18.6 Å². The third-order valence-electron chi connectivity index (χ3n) is 7.88. The highest BCUT2D eigenvalue weighted by Crippen LogP contribution is 2.40. The standard InChI is InChI=1S/C29H33N5O7/c1-18-21(30-28(36)33-12-8-31(2)9-13-33)6-5-20-24(35)27(41-29(37)34-14-10-32(3)11-15-34)26(40-25(18)20)19-4-7-22-23(16-19)39-17-38-22/h4-7,16H,8-15,17H2,1-3H3,(H,30,36). The molecule has 0 aliphatic carbocycles. The first-order chi connectivity index (χ1) is 19.8. The number of nitrogens with one attached hydrogen (secondary N) is 1. The van der Waals surface area contributed by atoms with E-state index in [0.29, 0.717) is 73.2 Å². The van der Waals surface area contributed by atoms with Gasteiger partial charge in [-0.2, -0.15) is 0 Å². The summed E-state index contributed by atoms with van der Waals surface area (Å²) < 4.78 is 23.1. The molecule has 4 heterocycles. The second-order valence-electron chi connectivity index (χ2n) is 10.7. The largest absolute Gasteiger partial charge is 0.454 e. The van der Waals surface area contributed by atoms with Crippen LogP contribution in [0.25, 0.3) is 22.3 Å². The van der Waals surface area contributed by atoms with Gasteiger partial charge in [0.1, 0.15) is 5.58 Å². The number of hydrogen-bond donors (Lipinski definition) is 1. The molecule has 0 bridgehead atoms. The van der Waals surface area contributed by atoms with E-state index in [1.165, 1.54) is 0 Å². The number of rotatable bonds is 3. The van der Waals surface area contributed by atoms with E-state index >= 15 is 0 Å². The maximum Gasteiger partial charge on any atom is 0.415 e. The molecule has 3 amide bonds. The third kappa shape index (κ3) is 5.27. The quantitative estimate of drug-likeness (QED) is 0.513. The molecule has 0 unspecified atom stereocenters. The van der Waals surface area contributed by atoms with Crippen molar-refractivity contribution in [2.24, 2.45) is 0 Å². The average Bonchev–Trinajstić information content (AvgIpc) is 3.44. The molecule has 0 radical (unpaired) electrons. The molecule has 216 valence electrons. The molecule has 1 N–H and O–H groups in total. The summed E-state index contributed by atoms with van der Waals surface area (Å²) in [6.07, 6.45) is -0.612. The Morgan fingerprint density at radius 1 is 0.854 bits per heavy atom. The number of benzene rings is 2. The number of fused-ring (bicyclic) bond motifs is 2. The molecule has 3 aliphatic rings. The van der Waals surface area contributed by atoms with Gasteiger partial charge in [-0.15, -0.1) is 0 Å². The number of carbonyl (C=O) groups excluding carboxylic acids is 2. The van der Waals surface area contributed by atoms with Gasteiger partial charge >= 0.3 is 12.1 Å². The lowest BCUT2D eigenvalue weighted by atomic mass is 10.1. The van der Waals surface area contributed by atoms with Crippen molar-refractivity contribution in [3.8, 4) is 28.6 Å². The fourth-order valence-corrected chi connectivity index (χ4v) is 5.18. The summed E-state index contributed by atoms with van der Waals surface area (Å²) in [4.78, 5) is 47.6. The fourth-order valence-electron chi connectivity index (χ4n) is 5.18. The number of urea groups is 1. The number of amides is 3. The molecular formula is C29H33N5O7. The van der Waals surface area contributed by atoms with Gasteiger partial charge in [-0.1, -0.05) is 0 Å². The normalized spacial score (nSPS) is 17.6. The van der Waals surface area contributed by atoms with Crippen LogP contribution in [0.3, 0.4) is 0 Å². The summed E-state index contributed by atoms with van der Waals surface area (Å²) in [6.45, 7) is 7.11. The van der Waals surface area contributed by atoms with Crippen LogP contribution in [-0.2, 0) is 0 Å². The van der Waals surface area contributed by atoms with Gasteiger partial charge in [0.2, 0.25) is 18.0 Å². The van der Waals surface area contributed by atoms with Crippen molar-refractivity contribution in [2.75, 3.05) is 78.6 Å². The molecule has 0 atom stereocenters. The van der Waals surface area contributed by atoms with Crippen molar-refractivity contribution in [3.63, 3.8) is 0 Å². The van der Waals surface area contributed by atoms with Crippen molar-refractivity contribution >= 4 is 28.8 Å². The van der Waals surface area contributed by atoms with Crippen LogP contribution in [0.1, 0.15) is 5.56 Å². The van der Waals surface area contributed by atoms with Gasteiger partial charge in [-0.25, -0.2) is 9.59 Å². The highest BCUT2D eigenvalue weighted by Gasteiger charge is 2.28. The number of likely N-dealkylation sites (N-methyl/N-ethyl adjacent to an activating group) is 2. The molecule has 12 heteroatoms. The summed E-state index contributed by atoms with van der Waals surface area (Å²) in [5.41, 5.74) is 1.41. The Morgan fingerprint density at radius 3 is 2.22 bits per heavy atom. The molecule has 2 fully saturated rings. The van der Waals surface area contributed by atoms with Gasteiger partial charge in [0, 0.05) is 69.2 Å². The maximum absolute atomic E-state index is 13.9. The first-order valence-electron chi connectivity index (χ1n) is 13.7. The Hall–Kier alpha value is -4.29. The number of anilines is 1. The molecule has 2 aromatic carbocycles. The maximum atomic E-state index is 13.9. The molecule has 0 spiro atoms. The van der Waals surface area contributed by atoms with E-state index in [2.05, 4.69) is 15.1 Å². The van der Waals surface area contributed by atoms with Crippen LogP contribution < -0.4 is 25.0 Å². The molecule has 12 nitrogen and oxygen atoms in total. The second kappa shape index (κ2) is 10.9. The third-order valence-corrected chi connectivity index (χ3v) is 7.88. The number of piperazine rings is 2. The van der Waals surface area contributed by atoms with Crippen LogP contribution in [-0.4, -0.2) is 105 Å². The SMILES string of the molecule is Cc1c(NC(=O)N2CCN(C)CC2)ccc2c(=O)c(OC(=O)N3CCN(C)CC3)c(-c3ccc4c(c3)OCO4)oc12. The Kier molecular flexibility index (Phi) is 7.18. The molecular weight excluding hydrogens is 530 g/mol. The summed E-state index contributed by atoms with van der Waals surface area (Å²) in [5, 5.41) is 3.21. The van der Waals surface area contributed by atoms with Crippen LogP contribution in [0.15, 0.2) is 39.5 Å². The van der Waals surface area contributed by atoms with Crippen molar-refractivity contribution < 1.29 is 28.2 Å². The van der Waals surface area contributed by atoms with Crippen LogP contribution in [0, 0.1) is 6.92 Å². The van der Waals surface area contributed by atoms with Crippen LogP contribution >= 0.6 is 0 Å². The minimum Gasteiger partial charge on any atom is -0.454 e. The number of ether oxygens (including phenoxy) is 3. The monoisotopic (exact) mass is 563 g/mol. The van der Waals surface area contributed by atoms with Gasteiger partial charge in [-0.05, 0) is 51.4 Å². The minimum atomic E-state index is -0.612. The Morgan fingerprint density at radius 2 is 1.51 bits per heavy atom. The zero-order valence-corrected chi connectivity index (χ0v) is 23.4. The fraction of sp³-hybridized carbons (Fsp3) is 0.414. The zero-order valence-electron chi connectivity index (χ0n) is 23.4. The summed E-state index contributed by atoms with van der Waals surface area (Å²) in [6, 6.07) is 8.18. The predicted octanol–water partition coefficient (Wildman–Crippen LogP) is 3.02. The lowest BCUT2D eigenvalue weighted by molar-refractivity contribution is 0.120. The van der Waals surface area contributed by atoms with E-state index in [-0.39, 0.29) is 29.7 Å². The van der Waals surface area contributed by atoms with Gasteiger partial charge in [-0.3, -0.25) is 4.79 Å². The van der Waals surface area contributed by atoms with E-state index in [1.807, 2.05) is 14.1 Å². The van der Waals surface area contributed by atoms with Crippen molar-refractivity contribution in [1.29, 1.82) is 0 Å². The number of aryl methyl sites for hydroxylation is 1. The molecule has 1 aromatic heterocycles. The minimum absolute atomic E-state index is 0.0845. The van der Waals surface area contributed by atoms with E-state index < -0.39 is 11.5 Å². The zero-order chi connectivity index (χ0) is 28.7. The lowest BCUT2D eigenvalue weighted by Crippen LogP contribution is -2.48. The Balaban J connectivity index is 1.39.